The van der Waals surface area contributed by atoms with Gasteiger partial charge in [-0.2, -0.15) is 0 Å². The van der Waals surface area contributed by atoms with E-state index in [1.165, 1.54) is 29.2 Å². The molecule has 2 aromatic carbocycles. The molecule has 0 aliphatic carbocycles. The van der Waals surface area contributed by atoms with E-state index >= 15 is 0 Å². The molecule has 162 valence electrons. The molecular formula is C22H25Cl2FN2O3. The van der Waals surface area contributed by atoms with Crippen LogP contribution in [0.2, 0.25) is 10.0 Å². The van der Waals surface area contributed by atoms with E-state index in [0.29, 0.717) is 34.3 Å². The van der Waals surface area contributed by atoms with Crippen molar-refractivity contribution >= 4 is 35.0 Å². The van der Waals surface area contributed by atoms with E-state index < -0.39 is 11.9 Å². The molecule has 0 bridgehead atoms. The summed E-state index contributed by atoms with van der Waals surface area (Å²) < 4.78 is 18.6. The lowest BCUT2D eigenvalue weighted by atomic mass is 10.1. The first kappa shape index (κ1) is 24.0. The molecule has 2 aromatic rings. The zero-order chi connectivity index (χ0) is 22.1. The molecule has 0 aromatic heterocycles. The van der Waals surface area contributed by atoms with Crippen LogP contribution in [0, 0.1) is 5.82 Å². The molecule has 0 saturated heterocycles. The largest absolute Gasteiger partial charge is 0.484 e. The van der Waals surface area contributed by atoms with Crippen LogP contribution in [-0.2, 0) is 16.1 Å². The highest BCUT2D eigenvalue weighted by molar-refractivity contribution is 6.35. The minimum absolute atomic E-state index is 0.125. The summed E-state index contributed by atoms with van der Waals surface area (Å²) in [6.45, 7) is 4.13. The van der Waals surface area contributed by atoms with E-state index in [4.69, 9.17) is 27.9 Å². The van der Waals surface area contributed by atoms with Gasteiger partial charge in [0, 0.05) is 23.1 Å². The molecule has 0 radical (unpaired) electrons. The third-order valence-corrected chi connectivity index (χ3v) is 5.05. The third kappa shape index (κ3) is 6.89. The van der Waals surface area contributed by atoms with Crippen LogP contribution in [0.4, 0.5) is 4.39 Å². The van der Waals surface area contributed by atoms with Crippen LogP contribution in [0.25, 0.3) is 0 Å². The second-order valence-corrected chi connectivity index (χ2v) is 7.56. The topological polar surface area (TPSA) is 58.6 Å². The van der Waals surface area contributed by atoms with Gasteiger partial charge in [0.25, 0.3) is 5.91 Å². The van der Waals surface area contributed by atoms with Crippen LogP contribution in [0.5, 0.6) is 5.75 Å². The summed E-state index contributed by atoms with van der Waals surface area (Å²) in [7, 11) is 0. The fourth-order valence-electron chi connectivity index (χ4n) is 2.88. The Morgan fingerprint density at radius 3 is 2.43 bits per heavy atom. The number of halogens is 3. The van der Waals surface area contributed by atoms with E-state index in [2.05, 4.69) is 5.32 Å². The summed E-state index contributed by atoms with van der Waals surface area (Å²) in [5.74, 6) is -0.660. The van der Waals surface area contributed by atoms with Crippen LogP contribution in [0.1, 0.15) is 32.3 Å². The molecule has 0 aliphatic heterocycles. The van der Waals surface area contributed by atoms with E-state index in [1.807, 2.05) is 13.8 Å². The van der Waals surface area contributed by atoms with Gasteiger partial charge in [-0.05, 0) is 54.8 Å². The first-order valence-corrected chi connectivity index (χ1v) is 10.5. The summed E-state index contributed by atoms with van der Waals surface area (Å²) in [4.78, 5) is 27.1. The number of nitrogens with one attached hydrogen (secondary N) is 1. The van der Waals surface area contributed by atoms with Gasteiger partial charge in [0.05, 0.1) is 0 Å². The Bertz CT molecular complexity index is 862. The first-order chi connectivity index (χ1) is 14.3. The average molecular weight is 455 g/mol. The molecule has 1 unspecified atom stereocenters. The number of carbonyl (C=O) groups is 2. The van der Waals surface area contributed by atoms with Gasteiger partial charge < -0.3 is 15.0 Å². The van der Waals surface area contributed by atoms with Gasteiger partial charge in [0.15, 0.2) is 6.61 Å². The molecule has 0 saturated carbocycles. The smallest absolute Gasteiger partial charge is 0.261 e. The van der Waals surface area contributed by atoms with E-state index in [0.717, 1.165) is 6.42 Å². The Hall–Kier alpha value is -2.31. The first-order valence-electron chi connectivity index (χ1n) is 9.75. The molecular weight excluding hydrogens is 430 g/mol. The number of hydrogen-bond acceptors (Lipinski definition) is 3. The van der Waals surface area contributed by atoms with Crippen molar-refractivity contribution in [3.05, 3.63) is 63.9 Å². The Morgan fingerprint density at radius 1 is 1.13 bits per heavy atom. The number of amides is 2. The predicted molar refractivity (Wildman–Crippen MR) is 116 cm³/mol. The van der Waals surface area contributed by atoms with Crippen molar-refractivity contribution in [2.24, 2.45) is 0 Å². The lowest BCUT2D eigenvalue weighted by molar-refractivity contribution is -0.143. The number of hydrogen-bond donors (Lipinski definition) is 1. The average Bonchev–Trinajstić information content (AvgIpc) is 2.73. The molecule has 30 heavy (non-hydrogen) atoms. The number of rotatable bonds is 10. The highest BCUT2D eigenvalue weighted by atomic mass is 35.5. The zero-order valence-electron chi connectivity index (χ0n) is 17.0. The van der Waals surface area contributed by atoms with Crippen molar-refractivity contribution in [3.63, 3.8) is 0 Å². The molecule has 0 aliphatic rings. The van der Waals surface area contributed by atoms with Crippen LogP contribution in [-0.4, -0.2) is 35.9 Å². The standard InChI is InChI=1S/C22H25Cl2FN2O3/c1-3-11-26-22(29)20(4-2)27(13-15-5-6-16(23)12-19(15)24)21(28)14-30-18-9-7-17(25)8-10-18/h5-10,12,20H,3-4,11,13-14H2,1-2H3,(H,26,29). The third-order valence-electron chi connectivity index (χ3n) is 4.47. The second-order valence-electron chi connectivity index (χ2n) is 6.72. The Balaban J connectivity index is 2.22. The summed E-state index contributed by atoms with van der Waals surface area (Å²) >= 11 is 12.3. The number of carbonyl (C=O) groups excluding carboxylic acids is 2. The summed E-state index contributed by atoms with van der Waals surface area (Å²) in [5, 5.41) is 3.73. The number of benzene rings is 2. The quantitative estimate of drug-likeness (QED) is 0.558. The lowest BCUT2D eigenvalue weighted by Gasteiger charge is -2.30. The van der Waals surface area contributed by atoms with Gasteiger partial charge in [0.2, 0.25) is 5.91 Å². The monoisotopic (exact) mass is 454 g/mol. The maximum atomic E-state index is 13.1. The SMILES string of the molecule is CCCNC(=O)C(CC)N(Cc1ccc(Cl)cc1Cl)C(=O)COc1ccc(F)cc1. The van der Waals surface area contributed by atoms with Crippen LogP contribution in [0.15, 0.2) is 42.5 Å². The van der Waals surface area contributed by atoms with Gasteiger partial charge in [-0.1, -0.05) is 43.1 Å². The molecule has 0 fully saturated rings. The van der Waals surface area contributed by atoms with Crippen molar-refractivity contribution < 1.29 is 18.7 Å². The number of ether oxygens (including phenoxy) is 1. The minimum Gasteiger partial charge on any atom is -0.484 e. The van der Waals surface area contributed by atoms with Gasteiger partial charge in [-0.25, -0.2) is 4.39 Å². The molecule has 1 atom stereocenters. The van der Waals surface area contributed by atoms with Crippen molar-refractivity contribution in [1.82, 2.24) is 10.2 Å². The van der Waals surface area contributed by atoms with Crippen molar-refractivity contribution in [3.8, 4) is 5.75 Å². The maximum absolute atomic E-state index is 13.1. The molecule has 1 N–H and O–H groups in total. The predicted octanol–water partition coefficient (Wildman–Crippen LogP) is 4.84. The molecule has 0 spiro atoms. The van der Waals surface area contributed by atoms with Crippen molar-refractivity contribution in [2.45, 2.75) is 39.3 Å². The Labute approximate surface area is 186 Å². The fraction of sp³-hybridized carbons (Fsp3) is 0.364. The highest BCUT2D eigenvalue weighted by Gasteiger charge is 2.29. The normalized spacial score (nSPS) is 11.6. The Morgan fingerprint density at radius 2 is 1.83 bits per heavy atom. The molecule has 2 rings (SSSR count). The van der Waals surface area contributed by atoms with Crippen LogP contribution in [0.3, 0.4) is 0 Å². The summed E-state index contributed by atoms with van der Waals surface area (Å²) in [5.41, 5.74) is 0.665. The lowest BCUT2D eigenvalue weighted by Crippen LogP contribution is -2.50. The minimum atomic E-state index is -0.687. The molecule has 8 heteroatoms. The number of nitrogens with zero attached hydrogens (tertiary/aromatic N) is 1. The van der Waals surface area contributed by atoms with Crippen molar-refractivity contribution in [1.29, 1.82) is 0 Å². The van der Waals surface area contributed by atoms with Gasteiger partial charge in [0.1, 0.15) is 17.6 Å². The van der Waals surface area contributed by atoms with Crippen molar-refractivity contribution in [2.75, 3.05) is 13.2 Å². The van der Waals surface area contributed by atoms with Gasteiger partial charge >= 0.3 is 0 Å². The van der Waals surface area contributed by atoms with Crippen LogP contribution < -0.4 is 10.1 Å². The Kier molecular flexibility index (Phi) is 9.40. The van der Waals surface area contributed by atoms with E-state index in [9.17, 15) is 14.0 Å². The highest BCUT2D eigenvalue weighted by Crippen LogP contribution is 2.24. The second kappa shape index (κ2) is 11.8. The fourth-order valence-corrected chi connectivity index (χ4v) is 3.35. The van der Waals surface area contributed by atoms with Gasteiger partial charge in [-0.3, -0.25) is 9.59 Å². The maximum Gasteiger partial charge on any atom is 0.261 e. The molecule has 2 amide bonds. The summed E-state index contributed by atoms with van der Waals surface area (Å²) in [6.07, 6.45) is 1.20. The molecule has 0 heterocycles. The van der Waals surface area contributed by atoms with E-state index in [-0.39, 0.29) is 25.0 Å². The summed E-state index contributed by atoms with van der Waals surface area (Å²) in [6, 6.07) is 9.68. The zero-order valence-corrected chi connectivity index (χ0v) is 18.5. The van der Waals surface area contributed by atoms with E-state index in [1.54, 1.807) is 18.2 Å². The van der Waals surface area contributed by atoms with Gasteiger partial charge in [-0.15, -0.1) is 0 Å². The molecule has 5 nitrogen and oxygen atoms in total. The van der Waals surface area contributed by atoms with Crippen LogP contribution >= 0.6 is 23.2 Å².